The number of nitrogens with one attached hydrogen (secondary N) is 1. The zero-order chi connectivity index (χ0) is 16.6. The average molecular weight is 441 g/mol. The molecular weight excluding hydrogens is 430 g/mol. The molecule has 0 bridgehead atoms. The van der Waals surface area contributed by atoms with Crippen LogP contribution in [0.1, 0.15) is 27.6 Å². The molecule has 0 unspecified atom stereocenters. The Morgan fingerprint density at radius 2 is 1.74 bits per heavy atom. The van der Waals surface area contributed by atoms with Crippen LogP contribution < -0.4 is 14.8 Å². The van der Waals surface area contributed by atoms with Gasteiger partial charge in [0, 0.05) is 20.6 Å². The molecule has 0 saturated heterocycles. The molecule has 3 rings (SSSR count). The van der Waals surface area contributed by atoms with Crippen molar-refractivity contribution in [1.29, 1.82) is 0 Å². The number of rotatable bonds is 3. The highest BCUT2D eigenvalue weighted by molar-refractivity contribution is 9.11. The summed E-state index contributed by atoms with van der Waals surface area (Å²) in [6.45, 7) is 1.53. The number of Topliss-reactive ketones (excluding diaryl/α,β-unsaturated/α-hetero) is 1. The molecule has 2 aromatic rings. The number of halogens is 2. The Labute approximate surface area is 149 Å². The monoisotopic (exact) mass is 439 g/mol. The minimum atomic E-state index is -0.328. The van der Waals surface area contributed by atoms with Crippen molar-refractivity contribution < 1.29 is 19.1 Å². The fourth-order valence-corrected chi connectivity index (χ4v) is 3.43. The number of amides is 1. The van der Waals surface area contributed by atoms with Gasteiger partial charge in [-0.3, -0.25) is 9.59 Å². The quantitative estimate of drug-likeness (QED) is 0.718. The van der Waals surface area contributed by atoms with E-state index in [-0.39, 0.29) is 18.5 Å². The van der Waals surface area contributed by atoms with Crippen molar-refractivity contribution >= 4 is 49.2 Å². The first-order valence-corrected chi connectivity index (χ1v) is 8.25. The molecule has 23 heavy (non-hydrogen) atoms. The molecule has 1 aliphatic rings. The van der Waals surface area contributed by atoms with Gasteiger partial charge >= 0.3 is 0 Å². The predicted molar refractivity (Wildman–Crippen MR) is 92.4 cm³/mol. The summed E-state index contributed by atoms with van der Waals surface area (Å²) < 4.78 is 12.1. The van der Waals surface area contributed by atoms with Gasteiger partial charge in [-0.25, -0.2) is 0 Å². The van der Waals surface area contributed by atoms with Gasteiger partial charge in [-0.15, -0.1) is 0 Å². The normalized spacial score (nSPS) is 12.1. The number of benzene rings is 2. The smallest absolute Gasteiger partial charge is 0.256 e. The van der Waals surface area contributed by atoms with E-state index in [9.17, 15) is 9.59 Å². The minimum Gasteiger partial charge on any atom is -0.454 e. The summed E-state index contributed by atoms with van der Waals surface area (Å²) in [5.41, 5.74) is 1.22. The largest absolute Gasteiger partial charge is 0.454 e. The van der Waals surface area contributed by atoms with Gasteiger partial charge in [-0.1, -0.05) is 15.9 Å². The highest BCUT2D eigenvalue weighted by Crippen LogP contribution is 2.37. The van der Waals surface area contributed by atoms with Crippen LogP contribution in [0.4, 0.5) is 5.69 Å². The number of hydrogen-bond donors (Lipinski definition) is 1. The second-order valence-electron chi connectivity index (χ2n) is 4.89. The maximum absolute atomic E-state index is 12.5. The third-order valence-corrected chi connectivity index (χ3v) is 4.47. The Balaban J connectivity index is 1.96. The standard InChI is InChI=1S/C16H11Br2NO4/c1-8(20)11-5-14-15(23-7-22-14)6-13(11)19-16(21)10-3-2-9(17)4-12(10)18/h2-6H,7H2,1H3,(H,19,21). The molecule has 0 spiro atoms. The molecule has 1 N–H and O–H groups in total. The van der Waals surface area contributed by atoms with Crippen LogP contribution in [0.3, 0.4) is 0 Å². The minimum absolute atomic E-state index is 0.0995. The topological polar surface area (TPSA) is 64.6 Å². The van der Waals surface area contributed by atoms with E-state index in [1.165, 1.54) is 6.92 Å². The Hall–Kier alpha value is -1.86. The van der Waals surface area contributed by atoms with Crippen molar-refractivity contribution in [2.75, 3.05) is 12.1 Å². The number of carbonyl (C=O) groups excluding carboxylic acids is 2. The molecule has 2 aromatic carbocycles. The van der Waals surface area contributed by atoms with Crippen LogP contribution in [0.5, 0.6) is 11.5 Å². The molecule has 0 atom stereocenters. The van der Waals surface area contributed by atoms with E-state index >= 15 is 0 Å². The van der Waals surface area contributed by atoms with Crippen molar-refractivity contribution in [1.82, 2.24) is 0 Å². The summed E-state index contributed by atoms with van der Waals surface area (Å²) in [5.74, 6) is 0.498. The number of fused-ring (bicyclic) bond motifs is 1. The second kappa shape index (κ2) is 6.33. The van der Waals surface area contributed by atoms with Crippen LogP contribution in [-0.2, 0) is 0 Å². The third kappa shape index (κ3) is 3.25. The van der Waals surface area contributed by atoms with E-state index in [1.807, 2.05) is 0 Å². The lowest BCUT2D eigenvalue weighted by Gasteiger charge is -2.11. The molecule has 0 radical (unpaired) electrons. The highest BCUT2D eigenvalue weighted by atomic mass is 79.9. The molecule has 5 nitrogen and oxygen atoms in total. The second-order valence-corrected chi connectivity index (χ2v) is 6.66. The van der Waals surface area contributed by atoms with Gasteiger partial charge in [-0.2, -0.15) is 0 Å². The summed E-state index contributed by atoms with van der Waals surface area (Å²) in [5, 5.41) is 2.76. The Bertz CT molecular complexity index is 820. The van der Waals surface area contributed by atoms with E-state index in [1.54, 1.807) is 30.3 Å². The molecule has 0 aromatic heterocycles. The molecule has 1 aliphatic heterocycles. The molecular formula is C16H11Br2NO4. The van der Waals surface area contributed by atoms with Crippen molar-refractivity contribution in [2.45, 2.75) is 6.92 Å². The zero-order valence-electron chi connectivity index (χ0n) is 12.0. The maximum atomic E-state index is 12.5. The molecule has 7 heteroatoms. The van der Waals surface area contributed by atoms with Crippen LogP contribution in [0.15, 0.2) is 39.3 Å². The van der Waals surface area contributed by atoms with Crippen molar-refractivity contribution in [2.24, 2.45) is 0 Å². The van der Waals surface area contributed by atoms with Gasteiger partial charge in [0.15, 0.2) is 17.3 Å². The average Bonchev–Trinajstić information content (AvgIpc) is 2.93. The van der Waals surface area contributed by atoms with Crippen LogP contribution in [-0.4, -0.2) is 18.5 Å². The van der Waals surface area contributed by atoms with E-state index in [0.29, 0.717) is 32.8 Å². The molecule has 1 amide bonds. The van der Waals surface area contributed by atoms with E-state index in [2.05, 4.69) is 37.2 Å². The van der Waals surface area contributed by atoms with Crippen molar-refractivity contribution in [3.05, 3.63) is 50.4 Å². The molecule has 0 saturated carbocycles. The van der Waals surface area contributed by atoms with Crippen LogP contribution >= 0.6 is 31.9 Å². The van der Waals surface area contributed by atoms with Gasteiger partial charge in [0.1, 0.15) is 0 Å². The van der Waals surface area contributed by atoms with Gasteiger partial charge in [-0.05, 0) is 47.1 Å². The zero-order valence-corrected chi connectivity index (χ0v) is 15.2. The third-order valence-electron chi connectivity index (χ3n) is 3.32. The lowest BCUT2D eigenvalue weighted by molar-refractivity contribution is 0.101. The van der Waals surface area contributed by atoms with E-state index in [0.717, 1.165) is 4.47 Å². The fraction of sp³-hybridized carbons (Fsp3) is 0.125. The maximum Gasteiger partial charge on any atom is 0.256 e. The summed E-state index contributed by atoms with van der Waals surface area (Å²) >= 11 is 6.70. The predicted octanol–water partition coefficient (Wildman–Crippen LogP) is 4.40. The SMILES string of the molecule is CC(=O)c1cc2c(cc1NC(=O)c1ccc(Br)cc1Br)OCO2. The number of ketones is 1. The number of ether oxygens (including phenoxy) is 2. The summed E-state index contributed by atoms with van der Waals surface area (Å²) in [6.07, 6.45) is 0. The van der Waals surface area contributed by atoms with Gasteiger partial charge < -0.3 is 14.8 Å². The van der Waals surface area contributed by atoms with Crippen LogP contribution in [0.25, 0.3) is 0 Å². The van der Waals surface area contributed by atoms with E-state index in [4.69, 9.17) is 9.47 Å². The molecule has 1 heterocycles. The Morgan fingerprint density at radius 3 is 2.39 bits per heavy atom. The Morgan fingerprint density at radius 1 is 1.04 bits per heavy atom. The molecule has 118 valence electrons. The van der Waals surface area contributed by atoms with Gasteiger partial charge in [0.2, 0.25) is 6.79 Å². The molecule has 0 aliphatic carbocycles. The number of hydrogen-bond acceptors (Lipinski definition) is 4. The van der Waals surface area contributed by atoms with Crippen molar-refractivity contribution in [3.63, 3.8) is 0 Å². The number of carbonyl (C=O) groups is 2. The summed E-state index contributed by atoms with van der Waals surface area (Å²) in [4.78, 5) is 24.3. The Kier molecular flexibility index (Phi) is 4.41. The first-order chi connectivity index (χ1) is 11.0. The van der Waals surface area contributed by atoms with Gasteiger partial charge in [0.25, 0.3) is 5.91 Å². The lowest BCUT2D eigenvalue weighted by Crippen LogP contribution is -2.15. The number of anilines is 1. The summed E-state index contributed by atoms with van der Waals surface area (Å²) in [6, 6.07) is 8.41. The van der Waals surface area contributed by atoms with Crippen LogP contribution in [0.2, 0.25) is 0 Å². The van der Waals surface area contributed by atoms with Crippen LogP contribution in [0, 0.1) is 0 Å². The van der Waals surface area contributed by atoms with Gasteiger partial charge in [0.05, 0.1) is 11.3 Å². The first kappa shape index (κ1) is 16.0. The fourth-order valence-electron chi connectivity index (χ4n) is 2.20. The highest BCUT2D eigenvalue weighted by Gasteiger charge is 2.21. The first-order valence-electron chi connectivity index (χ1n) is 6.66. The molecule has 0 fully saturated rings. The lowest BCUT2D eigenvalue weighted by atomic mass is 10.1. The summed E-state index contributed by atoms with van der Waals surface area (Å²) in [7, 11) is 0. The van der Waals surface area contributed by atoms with Crippen molar-refractivity contribution in [3.8, 4) is 11.5 Å². The van der Waals surface area contributed by atoms with E-state index < -0.39 is 0 Å².